The van der Waals surface area contributed by atoms with E-state index in [1.165, 1.54) is 11.1 Å². The van der Waals surface area contributed by atoms with Crippen LogP contribution in [-0.4, -0.2) is 40.4 Å². The summed E-state index contributed by atoms with van der Waals surface area (Å²) in [5.74, 6) is 2.12. The molecule has 0 aliphatic carbocycles. The fourth-order valence-corrected chi connectivity index (χ4v) is 3.51. The lowest BCUT2D eigenvalue weighted by molar-refractivity contribution is 0.509. The van der Waals surface area contributed by atoms with Gasteiger partial charge in [0.15, 0.2) is 5.96 Å². The molecule has 0 bridgehead atoms. The lowest BCUT2D eigenvalue weighted by atomic mass is 10.0. The topological polar surface area (TPSA) is 76.2 Å². The summed E-state index contributed by atoms with van der Waals surface area (Å²) in [6, 6.07) is 8.66. The molecule has 0 saturated carbocycles. The SMILES string of the molecule is CN=C(NCCCn1nc2n(c1=O)CCCC2)NCC(C)c1ccc(C)cc1. The highest BCUT2D eigenvalue weighted by molar-refractivity contribution is 5.79. The second-order valence-electron chi connectivity index (χ2n) is 7.58. The molecule has 28 heavy (non-hydrogen) atoms. The van der Waals surface area contributed by atoms with Crippen molar-refractivity contribution >= 4 is 5.96 Å². The smallest absolute Gasteiger partial charge is 0.345 e. The van der Waals surface area contributed by atoms with E-state index in [0.717, 1.165) is 57.1 Å². The van der Waals surface area contributed by atoms with Crippen LogP contribution in [0.5, 0.6) is 0 Å². The average Bonchev–Trinajstić information content (AvgIpc) is 3.03. The van der Waals surface area contributed by atoms with Crippen LogP contribution in [0.3, 0.4) is 0 Å². The van der Waals surface area contributed by atoms with Crippen LogP contribution in [0.1, 0.15) is 49.1 Å². The largest absolute Gasteiger partial charge is 0.356 e. The van der Waals surface area contributed by atoms with Gasteiger partial charge >= 0.3 is 5.69 Å². The Morgan fingerprint density at radius 3 is 2.75 bits per heavy atom. The Morgan fingerprint density at radius 1 is 1.25 bits per heavy atom. The molecule has 7 heteroatoms. The van der Waals surface area contributed by atoms with Crippen LogP contribution >= 0.6 is 0 Å². The number of nitrogens with one attached hydrogen (secondary N) is 2. The summed E-state index contributed by atoms with van der Waals surface area (Å²) >= 11 is 0. The molecule has 2 aromatic rings. The third kappa shape index (κ3) is 5.03. The molecular weight excluding hydrogens is 352 g/mol. The molecule has 0 spiro atoms. The monoisotopic (exact) mass is 384 g/mol. The summed E-state index contributed by atoms with van der Waals surface area (Å²) in [5.41, 5.74) is 2.62. The number of hydrogen-bond acceptors (Lipinski definition) is 3. The van der Waals surface area contributed by atoms with Gasteiger partial charge in [-0.3, -0.25) is 9.56 Å². The van der Waals surface area contributed by atoms with E-state index in [1.54, 1.807) is 11.7 Å². The number of benzene rings is 1. The molecule has 1 aliphatic heterocycles. The van der Waals surface area contributed by atoms with Crippen molar-refractivity contribution in [1.82, 2.24) is 25.0 Å². The Morgan fingerprint density at radius 2 is 2.04 bits per heavy atom. The van der Waals surface area contributed by atoms with Gasteiger partial charge in [0.2, 0.25) is 0 Å². The van der Waals surface area contributed by atoms with Gasteiger partial charge in [-0.05, 0) is 37.7 Å². The van der Waals surface area contributed by atoms with Crippen LogP contribution in [0, 0.1) is 6.92 Å². The predicted molar refractivity (Wildman–Crippen MR) is 113 cm³/mol. The number of guanidine groups is 1. The van der Waals surface area contributed by atoms with Crippen molar-refractivity contribution in [1.29, 1.82) is 0 Å². The van der Waals surface area contributed by atoms with Gasteiger partial charge in [-0.25, -0.2) is 9.48 Å². The highest BCUT2D eigenvalue weighted by Crippen LogP contribution is 2.14. The second-order valence-corrected chi connectivity index (χ2v) is 7.58. The minimum Gasteiger partial charge on any atom is -0.356 e. The van der Waals surface area contributed by atoms with Crippen LogP contribution in [0.2, 0.25) is 0 Å². The maximum absolute atomic E-state index is 12.3. The normalized spacial score (nSPS) is 15.2. The minimum atomic E-state index is 0.0316. The van der Waals surface area contributed by atoms with Crippen molar-refractivity contribution < 1.29 is 0 Å². The van der Waals surface area contributed by atoms with Gasteiger partial charge in [-0.1, -0.05) is 36.8 Å². The van der Waals surface area contributed by atoms with E-state index < -0.39 is 0 Å². The fourth-order valence-electron chi connectivity index (χ4n) is 3.51. The van der Waals surface area contributed by atoms with Crippen molar-refractivity contribution in [2.24, 2.45) is 4.99 Å². The summed E-state index contributed by atoms with van der Waals surface area (Å²) < 4.78 is 3.43. The van der Waals surface area contributed by atoms with E-state index in [-0.39, 0.29) is 5.69 Å². The van der Waals surface area contributed by atoms with Gasteiger partial charge in [0.25, 0.3) is 0 Å². The first-order chi connectivity index (χ1) is 13.6. The Hall–Kier alpha value is -2.57. The molecule has 0 saturated heterocycles. The maximum atomic E-state index is 12.3. The molecule has 3 rings (SSSR count). The molecule has 1 aromatic heterocycles. The molecule has 0 amide bonds. The standard InChI is InChI=1S/C21H32N6O/c1-16-8-10-18(11-9-16)17(2)15-24-20(22-3)23-12-6-14-27-21(28)26-13-5-4-7-19(26)25-27/h8-11,17H,4-7,12-15H2,1-3H3,(H2,22,23,24). The van der Waals surface area contributed by atoms with E-state index in [4.69, 9.17) is 0 Å². The van der Waals surface area contributed by atoms with E-state index >= 15 is 0 Å². The van der Waals surface area contributed by atoms with E-state index in [1.807, 2.05) is 4.57 Å². The number of aromatic nitrogens is 3. The minimum absolute atomic E-state index is 0.0316. The molecule has 1 unspecified atom stereocenters. The zero-order valence-electron chi connectivity index (χ0n) is 17.2. The van der Waals surface area contributed by atoms with E-state index in [0.29, 0.717) is 12.5 Å². The third-order valence-electron chi connectivity index (χ3n) is 5.32. The van der Waals surface area contributed by atoms with Crippen LogP contribution in [-0.2, 0) is 19.5 Å². The first-order valence-electron chi connectivity index (χ1n) is 10.3. The molecule has 7 nitrogen and oxygen atoms in total. The molecule has 152 valence electrons. The van der Waals surface area contributed by atoms with Gasteiger partial charge in [0.05, 0.1) is 0 Å². The quantitative estimate of drug-likeness (QED) is 0.435. The van der Waals surface area contributed by atoms with Gasteiger partial charge in [-0.15, -0.1) is 0 Å². The average molecular weight is 385 g/mol. The first-order valence-corrected chi connectivity index (χ1v) is 10.3. The maximum Gasteiger partial charge on any atom is 0.345 e. The van der Waals surface area contributed by atoms with Gasteiger partial charge in [0, 0.05) is 39.6 Å². The first kappa shape index (κ1) is 20.2. The van der Waals surface area contributed by atoms with Crippen molar-refractivity contribution in [2.75, 3.05) is 20.1 Å². The second kappa shape index (κ2) is 9.57. The van der Waals surface area contributed by atoms with Crippen molar-refractivity contribution in [3.05, 3.63) is 51.7 Å². The third-order valence-corrected chi connectivity index (χ3v) is 5.32. The Kier molecular flexibility index (Phi) is 6.90. The molecular formula is C21H32N6O. The number of aryl methyl sites for hydroxylation is 3. The summed E-state index contributed by atoms with van der Waals surface area (Å²) in [7, 11) is 1.78. The number of fused-ring (bicyclic) bond motifs is 1. The molecule has 1 aromatic carbocycles. The summed E-state index contributed by atoms with van der Waals surface area (Å²) in [6.45, 7) is 7.30. The number of aliphatic imine (C=N–C) groups is 1. The number of rotatable bonds is 7. The predicted octanol–water partition coefficient (Wildman–Crippen LogP) is 2.05. The van der Waals surface area contributed by atoms with Crippen LogP contribution in [0.15, 0.2) is 34.1 Å². The highest BCUT2D eigenvalue weighted by Gasteiger charge is 2.16. The molecule has 1 aliphatic rings. The Bertz CT molecular complexity index is 849. The zero-order valence-corrected chi connectivity index (χ0v) is 17.2. The van der Waals surface area contributed by atoms with Crippen molar-refractivity contribution in [3.8, 4) is 0 Å². The van der Waals surface area contributed by atoms with Crippen molar-refractivity contribution in [2.45, 2.75) is 58.5 Å². The molecule has 0 fully saturated rings. The van der Waals surface area contributed by atoms with E-state index in [2.05, 4.69) is 58.8 Å². The number of nitrogens with zero attached hydrogens (tertiary/aromatic N) is 4. The Balaban J connectivity index is 1.41. The van der Waals surface area contributed by atoms with Gasteiger partial charge < -0.3 is 10.6 Å². The summed E-state index contributed by atoms with van der Waals surface area (Å²) in [6.07, 6.45) is 3.94. The summed E-state index contributed by atoms with van der Waals surface area (Å²) in [4.78, 5) is 16.6. The lowest BCUT2D eigenvalue weighted by Crippen LogP contribution is -2.39. The highest BCUT2D eigenvalue weighted by atomic mass is 16.2. The zero-order chi connectivity index (χ0) is 19.9. The van der Waals surface area contributed by atoms with E-state index in [9.17, 15) is 4.79 Å². The molecule has 1 atom stereocenters. The van der Waals surface area contributed by atoms with Crippen molar-refractivity contribution in [3.63, 3.8) is 0 Å². The van der Waals surface area contributed by atoms with Gasteiger partial charge in [-0.2, -0.15) is 5.10 Å². The fraction of sp³-hybridized carbons (Fsp3) is 0.571. The van der Waals surface area contributed by atoms with Gasteiger partial charge in [0.1, 0.15) is 5.82 Å². The van der Waals surface area contributed by atoms with Crippen LogP contribution in [0.25, 0.3) is 0 Å². The Labute approximate surface area is 166 Å². The summed E-state index contributed by atoms with van der Waals surface area (Å²) in [5, 5.41) is 11.2. The molecule has 2 heterocycles. The molecule has 0 radical (unpaired) electrons. The lowest BCUT2D eigenvalue weighted by Gasteiger charge is -2.16. The van der Waals surface area contributed by atoms with Crippen LogP contribution in [0.4, 0.5) is 0 Å². The van der Waals surface area contributed by atoms with Crippen LogP contribution < -0.4 is 16.3 Å². The molecule has 2 N–H and O–H groups in total. The number of hydrogen-bond donors (Lipinski definition) is 2.